The molecule has 1 unspecified atom stereocenters. The molecule has 0 spiro atoms. The van der Waals surface area contributed by atoms with Gasteiger partial charge < -0.3 is 9.84 Å². The molecule has 0 radical (unpaired) electrons. The van der Waals surface area contributed by atoms with Crippen LogP contribution in [0.1, 0.15) is 15.9 Å². The van der Waals surface area contributed by atoms with E-state index in [1.807, 2.05) is 23.6 Å². The maximum Gasteiger partial charge on any atom is 0.129 e. The van der Waals surface area contributed by atoms with Gasteiger partial charge in [-0.25, -0.2) is 0 Å². The van der Waals surface area contributed by atoms with E-state index in [9.17, 15) is 5.11 Å². The average Bonchev–Trinajstić information content (AvgIpc) is 2.87. The van der Waals surface area contributed by atoms with E-state index in [0.717, 1.165) is 14.4 Å². The zero-order valence-corrected chi connectivity index (χ0v) is 11.9. The Labute approximate surface area is 111 Å². The molecular formula is C11H11BrO2S2. The van der Waals surface area contributed by atoms with Crippen molar-refractivity contribution < 1.29 is 9.84 Å². The standard InChI is InChI=1S/C11H11BrO2S2/c1-14-7-4-10(15-6-7)9(13)5-8-2-3-11(12)16-8/h2-4,6,9,13H,5H2,1H3. The second-order valence-electron chi connectivity index (χ2n) is 3.31. The number of halogens is 1. The summed E-state index contributed by atoms with van der Waals surface area (Å²) in [6.07, 6.45) is 0.208. The number of methoxy groups -OCH3 is 1. The Morgan fingerprint density at radius 2 is 2.31 bits per heavy atom. The van der Waals surface area contributed by atoms with Crippen LogP contribution < -0.4 is 4.74 Å². The van der Waals surface area contributed by atoms with E-state index in [4.69, 9.17) is 4.74 Å². The van der Waals surface area contributed by atoms with Gasteiger partial charge in [-0.15, -0.1) is 22.7 Å². The summed E-state index contributed by atoms with van der Waals surface area (Å²) in [4.78, 5) is 2.12. The molecular weight excluding hydrogens is 308 g/mol. The van der Waals surface area contributed by atoms with Crippen LogP contribution in [0.5, 0.6) is 5.75 Å². The number of thiophene rings is 2. The van der Waals surface area contributed by atoms with Crippen molar-refractivity contribution >= 4 is 38.6 Å². The Kier molecular flexibility index (Phi) is 4.02. The van der Waals surface area contributed by atoms with Gasteiger partial charge in [0.1, 0.15) is 5.75 Å². The maximum atomic E-state index is 10.0. The van der Waals surface area contributed by atoms with E-state index >= 15 is 0 Å². The number of ether oxygens (including phenoxy) is 1. The van der Waals surface area contributed by atoms with Gasteiger partial charge in [0, 0.05) is 21.6 Å². The SMILES string of the molecule is COc1csc(C(O)Cc2ccc(Br)s2)c1. The Morgan fingerprint density at radius 3 is 2.88 bits per heavy atom. The highest BCUT2D eigenvalue weighted by Gasteiger charge is 2.12. The molecule has 0 aromatic carbocycles. The van der Waals surface area contributed by atoms with Gasteiger partial charge in [-0.2, -0.15) is 0 Å². The van der Waals surface area contributed by atoms with Crippen molar-refractivity contribution in [3.8, 4) is 5.75 Å². The van der Waals surface area contributed by atoms with E-state index in [2.05, 4.69) is 15.9 Å². The molecule has 2 aromatic heterocycles. The first-order valence-corrected chi connectivity index (χ1v) is 7.22. The summed E-state index contributed by atoms with van der Waals surface area (Å²) in [5, 5.41) is 11.9. The Balaban J connectivity index is 2.05. The highest BCUT2D eigenvalue weighted by atomic mass is 79.9. The molecule has 2 rings (SSSR count). The molecule has 0 aliphatic carbocycles. The van der Waals surface area contributed by atoms with E-state index in [-0.39, 0.29) is 0 Å². The maximum absolute atomic E-state index is 10.0. The number of hydrogen-bond donors (Lipinski definition) is 1. The minimum atomic E-state index is -0.445. The molecule has 0 amide bonds. The van der Waals surface area contributed by atoms with Crippen molar-refractivity contribution in [3.05, 3.63) is 37.1 Å². The van der Waals surface area contributed by atoms with Crippen LogP contribution in [-0.4, -0.2) is 12.2 Å². The zero-order chi connectivity index (χ0) is 11.5. The molecule has 0 saturated carbocycles. The molecule has 0 aliphatic rings. The third-order valence-corrected chi connectivity index (χ3v) is 4.84. The first-order chi connectivity index (χ1) is 7.69. The van der Waals surface area contributed by atoms with Gasteiger partial charge in [0.2, 0.25) is 0 Å². The minimum absolute atomic E-state index is 0.445. The Hall–Kier alpha value is -0.360. The van der Waals surface area contributed by atoms with Gasteiger partial charge in [-0.3, -0.25) is 0 Å². The number of hydrogen-bond acceptors (Lipinski definition) is 4. The lowest BCUT2D eigenvalue weighted by Gasteiger charge is -2.05. The predicted octanol–water partition coefficient (Wildman–Crippen LogP) is 3.86. The van der Waals surface area contributed by atoms with Crippen LogP contribution in [0.3, 0.4) is 0 Å². The van der Waals surface area contributed by atoms with Gasteiger partial charge >= 0.3 is 0 Å². The molecule has 1 atom stereocenters. The second-order valence-corrected chi connectivity index (χ2v) is 6.81. The lowest BCUT2D eigenvalue weighted by molar-refractivity contribution is 0.183. The first kappa shape index (κ1) is 12.1. The van der Waals surface area contributed by atoms with Gasteiger partial charge in [0.05, 0.1) is 17.0 Å². The number of rotatable bonds is 4. The largest absolute Gasteiger partial charge is 0.496 e. The molecule has 2 aromatic rings. The third-order valence-electron chi connectivity index (χ3n) is 2.18. The van der Waals surface area contributed by atoms with Gasteiger partial charge in [0.15, 0.2) is 0 Å². The van der Waals surface area contributed by atoms with Gasteiger partial charge in [-0.1, -0.05) is 0 Å². The summed E-state index contributed by atoms with van der Waals surface area (Å²) in [5.74, 6) is 0.811. The lowest BCUT2D eigenvalue weighted by atomic mass is 10.2. The van der Waals surface area contributed by atoms with Crippen LogP contribution in [0, 0.1) is 0 Å². The summed E-state index contributed by atoms with van der Waals surface area (Å²) in [6.45, 7) is 0. The van der Waals surface area contributed by atoms with Crippen molar-refractivity contribution in [3.63, 3.8) is 0 Å². The molecule has 0 aliphatic heterocycles. The number of aliphatic hydroxyl groups excluding tert-OH is 1. The van der Waals surface area contributed by atoms with Crippen molar-refractivity contribution in [2.24, 2.45) is 0 Å². The van der Waals surface area contributed by atoms with E-state index in [0.29, 0.717) is 6.42 Å². The summed E-state index contributed by atoms with van der Waals surface area (Å²) < 4.78 is 6.19. The normalized spacial score (nSPS) is 12.7. The fourth-order valence-electron chi connectivity index (χ4n) is 1.37. The molecule has 0 saturated heterocycles. The fourth-order valence-corrected chi connectivity index (χ4v) is 3.73. The van der Waals surface area contributed by atoms with Crippen molar-refractivity contribution in [2.45, 2.75) is 12.5 Å². The number of aliphatic hydroxyl groups is 1. The van der Waals surface area contributed by atoms with Crippen LogP contribution in [0.25, 0.3) is 0 Å². The average molecular weight is 319 g/mol. The highest BCUT2D eigenvalue weighted by Crippen LogP contribution is 2.31. The molecule has 0 bridgehead atoms. The molecule has 16 heavy (non-hydrogen) atoms. The van der Waals surface area contributed by atoms with Crippen LogP contribution in [0.2, 0.25) is 0 Å². The lowest BCUT2D eigenvalue weighted by Crippen LogP contribution is -1.97. The highest BCUT2D eigenvalue weighted by molar-refractivity contribution is 9.11. The summed E-state index contributed by atoms with van der Waals surface area (Å²) in [7, 11) is 1.63. The molecule has 5 heteroatoms. The van der Waals surface area contributed by atoms with Crippen molar-refractivity contribution in [2.75, 3.05) is 7.11 Å². The van der Waals surface area contributed by atoms with E-state index in [1.54, 1.807) is 18.4 Å². The Morgan fingerprint density at radius 1 is 1.50 bits per heavy atom. The predicted molar refractivity (Wildman–Crippen MR) is 71.6 cm³/mol. The summed E-state index contributed by atoms with van der Waals surface area (Å²) in [5.41, 5.74) is 0. The Bertz CT molecular complexity index is 464. The molecule has 2 heterocycles. The molecule has 2 nitrogen and oxygen atoms in total. The smallest absolute Gasteiger partial charge is 0.129 e. The third kappa shape index (κ3) is 2.85. The van der Waals surface area contributed by atoms with E-state index in [1.165, 1.54) is 16.2 Å². The van der Waals surface area contributed by atoms with Crippen LogP contribution in [0.15, 0.2) is 27.4 Å². The monoisotopic (exact) mass is 318 g/mol. The fraction of sp³-hybridized carbons (Fsp3) is 0.273. The minimum Gasteiger partial charge on any atom is -0.496 e. The van der Waals surface area contributed by atoms with Gasteiger partial charge in [0.25, 0.3) is 0 Å². The summed E-state index contributed by atoms with van der Waals surface area (Å²) in [6, 6.07) is 5.92. The second kappa shape index (κ2) is 5.31. The molecule has 1 N–H and O–H groups in total. The van der Waals surface area contributed by atoms with Crippen LogP contribution >= 0.6 is 38.6 Å². The molecule has 86 valence electrons. The first-order valence-electron chi connectivity index (χ1n) is 4.73. The van der Waals surface area contributed by atoms with Crippen LogP contribution in [0.4, 0.5) is 0 Å². The van der Waals surface area contributed by atoms with Gasteiger partial charge in [-0.05, 0) is 34.1 Å². The van der Waals surface area contributed by atoms with E-state index < -0.39 is 6.10 Å². The van der Waals surface area contributed by atoms with Crippen molar-refractivity contribution in [1.82, 2.24) is 0 Å². The topological polar surface area (TPSA) is 29.5 Å². The van der Waals surface area contributed by atoms with Crippen LogP contribution in [-0.2, 0) is 6.42 Å². The molecule has 0 fully saturated rings. The zero-order valence-electron chi connectivity index (χ0n) is 8.64. The quantitative estimate of drug-likeness (QED) is 0.927. The summed E-state index contributed by atoms with van der Waals surface area (Å²) >= 11 is 6.59. The van der Waals surface area contributed by atoms with Crippen molar-refractivity contribution in [1.29, 1.82) is 0 Å².